The normalized spacial score (nSPS) is 16.4. The lowest BCUT2D eigenvalue weighted by Gasteiger charge is -2.16. The third-order valence-corrected chi connectivity index (χ3v) is 2.39. The van der Waals surface area contributed by atoms with Gasteiger partial charge >= 0.3 is 0 Å². The third kappa shape index (κ3) is 5.25. The van der Waals surface area contributed by atoms with Crippen LogP contribution >= 0.6 is 0 Å². The fraction of sp³-hybridized carbons (Fsp3) is 1.00. The maximum Gasteiger partial charge on any atom is 0.0459 e. The second kappa shape index (κ2) is 6.66. The van der Waals surface area contributed by atoms with E-state index in [2.05, 4.69) is 20.8 Å². The average Bonchev–Trinajstić information content (AvgIpc) is 2.03. The summed E-state index contributed by atoms with van der Waals surface area (Å²) in [7, 11) is 0. The van der Waals surface area contributed by atoms with E-state index in [9.17, 15) is 0 Å². The SMILES string of the molecule is CCC[C@@H](CO)C[C@@H](C)CC. The van der Waals surface area contributed by atoms with Crippen molar-refractivity contribution in [2.24, 2.45) is 11.8 Å². The standard InChI is InChI=1S/C10H22O/c1-4-6-10(8-11)7-9(3)5-2/h9-11H,4-8H2,1-3H3/t9-,10+/m0/s1. The molecule has 0 saturated carbocycles. The van der Waals surface area contributed by atoms with Crippen molar-refractivity contribution in [3.05, 3.63) is 0 Å². The Morgan fingerprint density at radius 2 is 1.91 bits per heavy atom. The highest BCUT2D eigenvalue weighted by Crippen LogP contribution is 2.18. The molecule has 0 aromatic heterocycles. The van der Waals surface area contributed by atoms with Gasteiger partial charge in [-0.05, 0) is 24.7 Å². The van der Waals surface area contributed by atoms with E-state index in [-0.39, 0.29) is 0 Å². The zero-order valence-electron chi connectivity index (χ0n) is 8.14. The molecule has 1 N–H and O–H groups in total. The quantitative estimate of drug-likeness (QED) is 0.630. The molecule has 0 aliphatic rings. The molecule has 0 saturated heterocycles. The summed E-state index contributed by atoms with van der Waals surface area (Å²) < 4.78 is 0. The predicted octanol–water partition coefficient (Wildman–Crippen LogP) is 2.83. The van der Waals surface area contributed by atoms with Gasteiger partial charge < -0.3 is 5.11 Å². The molecule has 1 heteroatoms. The maximum atomic E-state index is 9.00. The fourth-order valence-corrected chi connectivity index (χ4v) is 1.43. The lowest BCUT2D eigenvalue weighted by atomic mass is 9.91. The highest BCUT2D eigenvalue weighted by molar-refractivity contribution is 4.61. The van der Waals surface area contributed by atoms with Gasteiger partial charge in [-0.25, -0.2) is 0 Å². The van der Waals surface area contributed by atoms with Crippen LogP contribution < -0.4 is 0 Å². The molecule has 0 fully saturated rings. The fourth-order valence-electron chi connectivity index (χ4n) is 1.43. The smallest absolute Gasteiger partial charge is 0.0459 e. The van der Waals surface area contributed by atoms with E-state index in [0.29, 0.717) is 12.5 Å². The predicted molar refractivity (Wildman–Crippen MR) is 49.6 cm³/mol. The minimum absolute atomic E-state index is 0.373. The monoisotopic (exact) mass is 158 g/mol. The van der Waals surface area contributed by atoms with Crippen LogP contribution in [-0.2, 0) is 0 Å². The number of hydrogen-bond donors (Lipinski definition) is 1. The lowest BCUT2D eigenvalue weighted by Crippen LogP contribution is -2.09. The van der Waals surface area contributed by atoms with E-state index in [1.165, 1.54) is 25.7 Å². The Hall–Kier alpha value is -0.0400. The number of aliphatic hydroxyl groups is 1. The van der Waals surface area contributed by atoms with Crippen LogP contribution in [0.4, 0.5) is 0 Å². The minimum Gasteiger partial charge on any atom is -0.396 e. The molecule has 0 heterocycles. The maximum absolute atomic E-state index is 9.00. The van der Waals surface area contributed by atoms with Gasteiger partial charge in [-0.1, -0.05) is 33.6 Å². The van der Waals surface area contributed by atoms with Crippen LogP contribution in [0.15, 0.2) is 0 Å². The molecule has 68 valence electrons. The van der Waals surface area contributed by atoms with Crippen molar-refractivity contribution >= 4 is 0 Å². The van der Waals surface area contributed by atoms with Crippen molar-refractivity contribution in [1.82, 2.24) is 0 Å². The molecule has 2 atom stereocenters. The van der Waals surface area contributed by atoms with E-state index >= 15 is 0 Å². The van der Waals surface area contributed by atoms with Crippen LogP contribution in [0.1, 0.15) is 46.5 Å². The largest absolute Gasteiger partial charge is 0.396 e. The Balaban J connectivity index is 3.49. The molecular weight excluding hydrogens is 136 g/mol. The third-order valence-electron chi connectivity index (χ3n) is 2.39. The van der Waals surface area contributed by atoms with Crippen molar-refractivity contribution in [3.63, 3.8) is 0 Å². The summed E-state index contributed by atoms with van der Waals surface area (Å²) in [6, 6.07) is 0. The van der Waals surface area contributed by atoms with Gasteiger partial charge in [-0.2, -0.15) is 0 Å². The van der Waals surface area contributed by atoms with Crippen LogP contribution in [0.25, 0.3) is 0 Å². The van der Waals surface area contributed by atoms with Crippen LogP contribution in [0.3, 0.4) is 0 Å². The summed E-state index contributed by atoms with van der Waals surface area (Å²) >= 11 is 0. The van der Waals surface area contributed by atoms with Crippen molar-refractivity contribution in [2.75, 3.05) is 6.61 Å². The molecule has 0 bridgehead atoms. The molecule has 0 spiro atoms. The summed E-state index contributed by atoms with van der Waals surface area (Å²) in [5.74, 6) is 1.33. The number of aliphatic hydroxyl groups excluding tert-OH is 1. The van der Waals surface area contributed by atoms with Gasteiger partial charge in [0.1, 0.15) is 0 Å². The van der Waals surface area contributed by atoms with Gasteiger partial charge in [0.2, 0.25) is 0 Å². The number of hydrogen-bond acceptors (Lipinski definition) is 1. The molecule has 0 rings (SSSR count). The first-order valence-electron chi connectivity index (χ1n) is 4.85. The zero-order chi connectivity index (χ0) is 8.69. The van der Waals surface area contributed by atoms with Gasteiger partial charge in [0, 0.05) is 6.61 Å². The number of rotatable bonds is 6. The lowest BCUT2D eigenvalue weighted by molar-refractivity contribution is 0.193. The molecule has 0 aliphatic carbocycles. The van der Waals surface area contributed by atoms with Gasteiger partial charge in [0.05, 0.1) is 0 Å². The van der Waals surface area contributed by atoms with Crippen LogP contribution in [0.5, 0.6) is 0 Å². The molecule has 11 heavy (non-hydrogen) atoms. The van der Waals surface area contributed by atoms with Gasteiger partial charge in [-0.15, -0.1) is 0 Å². The Morgan fingerprint density at radius 3 is 2.27 bits per heavy atom. The highest BCUT2D eigenvalue weighted by Gasteiger charge is 2.09. The Bertz CT molecular complexity index is 80.9. The van der Waals surface area contributed by atoms with E-state index in [0.717, 1.165) is 5.92 Å². The van der Waals surface area contributed by atoms with Crippen LogP contribution in [0.2, 0.25) is 0 Å². The first kappa shape index (κ1) is 11.0. The average molecular weight is 158 g/mol. The van der Waals surface area contributed by atoms with Gasteiger partial charge in [0.25, 0.3) is 0 Å². The second-order valence-corrected chi connectivity index (χ2v) is 3.59. The topological polar surface area (TPSA) is 20.2 Å². The van der Waals surface area contributed by atoms with E-state index in [4.69, 9.17) is 5.11 Å². The van der Waals surface area contributed by atoms with E-state index in [1.807, 2.05) is 0 Å². The molecule has 0 amide bonds. The Kier molecular flexibility index (Phi) is 6.63. The van der Waals surface area contributed by atoms with E-state index in [1.54, 1.807) is 0 Å². The second-order valence-electron chi connectivity index (χ2n) is 3.59. The summed E-state index contributed by atoms with van der Waals surface area (Å²) in [4.78, 5) is 0. The van der Waals surface area contributed by atoms with Gasteiger partial charge in [-0.3, -0.25) is 0 Å². The molecular formula is C10H22O. The summed E-state index contributed by atoms with van der Waals surface area (Å²) in [5, 5.41) is 9.00. The Morgan fingerprint density at radius 1 is 1.27 bits per heavy atom. The van der Waals surface area contributed by atoms with Crippen molar-refractivity contribution in [2.45, 2.75) is 46.5 Å². The highest BCUT2D eigenvalue weighted by atomic mass is 16.3. The molecule has 1 nitrogen and oxygen atoms in total. The molecule has 0 unspecified atom stereocenters. The molecule has 0 radical (unpaired) electrons. The first-order chi connectivity index (χ1) is 5.24. The Labute approximate surface area is 70.8 Å². The summed E-state index contributed by atoms with van der Waals surface area (Å²) in [6.07, 6.45) is 4.81. The minimum atomic E-state index is 0.373. The zero-order valence-corrected chi connectivity index (χ0v) is 8.14. The molecule has 0 aromatic rings. The van der Waals surface area contributed by atoms with Crippen molar-refractivity contribution < 1.29 is 5.11 Å². The van der Waals surface area contributed by atoms with Crippen LogP contribution in [0, 0.1) is 11.8 Å². The summed E-state index contributed by atoms with van der Waals surface area (Å²) in [5.41, 5.74) is 0. The summed E-state index contributed by atoms with van der Waals surface area (Å²) in [6.45, 7) is 7.03. The van der Waals surface area contributed by atoms with Gasteiger partial charge in [0.15, 0.2) is 0 Å². The van der Waals surface area contributed by atoms with Crippen LogP contribution in [-0.4, -0.2) is 11.7 Å². The van der Waals surface area contributed by atoms with Crippen molar-refractivity contribution in [3.8, 4) is 0 Å². The molecule has 0 aliphatic heterocycles. The van der Waals surface area contributed by atoms with E-state index < -0.39 is 0 Å². The first-order valence-corrected chi connectivity index (χ1v) is 4.85. The molecule has 0 aromatic carbocycles. The van der Waals surface area contributed by atoms with Crippen molar-refractivity contribution in [1.29, 1.82) is 0 Å².